The molecule has 0 spiro atoms. The molecule has 1 aliphatic heterocycles. The Labute approximate surface area is 191 Å². The van der Waals surface area contributed by atoms with Gasteiger partial charge in [-0.1, -0.05) is 20.8 Å². The molecule has 0 unspecified atom stereocenters. The van der Waals surface area contributed by atoms with Crippen LogP contribution in [0.25, 0.3) is 0 Å². The molecule has 2 aliphatic carbocycles. The fourth-order valence-electron chi connectivity index (χ4n) is 6.07. The van der Waals surface area contributed by atoms with E-state index in [2.05, 4.69) is 24.5 Å². The lowest BCUT2D eigenvalue weighted by atomic mass is 9.54. The molecule has 3 aliphatic rings. The summed E-state index contributed by atoms with van der Waals surface area (Å²) >= 11 is 1.55. The van der Waals surface area contributed by atoms with Crippen LogP contribution in [0.4, 0.5) is 15.6 Å². The molecule has 1 aromatic heterocycles. The maximum absolute atomic E-state index is 12.5. The van der Waals surface area contributed by atoms with Gasteiger partial charge in [-0.15, -0.1) is 11.3 Å². The first kappa shape index (κ1) is 21.2. The Morgan fingerprint density at radius 1 is 1.22 bits per heavy atom. The topological polar surface area (TPSA) is 89.6 Å². The average molecular weight is 456 g/mol. The van der Waals surface area contributed by atoms with Gasteiger partial charge < -0.3 is 14.8 Å². The number of benzene rings is 1. The summed E-state index contributed by atoms with van der Waals surface area (Å²) in [5.41, 5.74) is 1.79. The third kappa shape index (κ3) is 3.45. The van der Waals surface area contributed by atoms with Crippen LogP contribution in [0, 0.1) is 23.2 Å². The molecular weight excluding hydrogens is 426 g/mol. The van der Waals surface area contributed by atoms with Crippen LogP contribution in [0.15, 0.2) is 24.3 Å². The minimum absolute atomic E-state index is 0.0209. The van der Waals surface area contributed by atoms with Gasteiger partial charge in [-0.3, -0.25) is 10.1 Å². The van der Waals surface area contributed by atoms with Crippen molar-refractivity contribution >= 4 is 34.2 Å². The summed E-state index contributed by atoms with van der Waals surface area (Å²) in [6, 6.07) is 6.85. The first-order chi connectivity index (χ1) is 15.3. The highest BCUT2D eigenvalue weighted by atomic mass is 32.1. The van der Waals surface area contributed by atoms with Crippen molar-refractivity contribution in [2.45, 2.75) is 52.1 Å². The number of methoxy groups -OCH3 is 1. The summed E-state index contributed by atoms with van der Waals surface area (Å²) in [4.78, 5) is 30.8. The quantitative estimate of drug-likeness (QED) is 0.632. The lowest BCUT2D eigenvalue weighted by Gasteiger charge is -2.51. The molecule has 1 saturated heterocycles. The largest absolute Gasteiger partial charge is 0.497 e. The van der Waals surface area contributed by atoms with Gasteiger partial charge in [-0.2, -0.15) is 0 Å². The molecule has 1 saturated carbocycles. The van der Waals surface area contributed by atoms with Crippen LogP contribution in [0.3, 0.4) is 0 Å². The van der Waals surface area contributed by atoms with Gasteiger partial charge in [0.05, 0.1) is 18.7 Å². The molecule has 0 bridgehead atoms. The number of hydrogen-bond acceptors (Lipinski definition) is 6. The second kappa shape index (κ2) is 7.76. The summed E-state index contributed by atoms with van der Waals surface area (Å²) in [5.74, 6) is 1.38. The van der Waals surface area contributed by atoms with E-state index in [1.807, 2.05) is 6.92 Å². The van der Waals surface area contributed by atoms with Gasteiger partial charge in [0.1, 0.15) is 11.9 Å². The monoisotopic (exact) mass is 455 g/mol. The minimum Gasteiger partial charge on any atom is -0.497 e. The van der Waals surface area contributed by atoms with Crippen LogP contribution in [0.1, 0.15) is 50.1 Å². The first-order valence-corrected chi connectivity index (χ1v) is 12.0. The van der Waals surface area contributed by atoms with E-state index in [0.29, 0.717) is 16.7 Å². The number of hydrogen-bond donors (Lipinski definition) is 2. The van der Waals surface area contributed by atoms with E-state index in [-0.39, 0.29) is 41.3 Å². The first-order valence-electron chi connectivity index (χ1n) is 11.2. The second-order valence-corrected chi connectivity index (χ2v) is 10.8. The summed E-state index contributed by atoms with van der Waals surface area (Å²) in [6.07, 6.45) is 2.99. The van der Waals surface area contributed by atoms with Crippen molar-refractivity contribution in [1.82, 2.24) is 4.98 Å². The third-order valence-corrected chi connectivity index (χ3v) is 8.71. The van der Waals surface area contributed by atoms with Crippen LogP contribution < -0.4 is 15.4 Å². The number of aromatic nitrogens is 1. The van der Waals surface area contributed by atoms with Gasteiger partial charge in [0, 0.05) is 28.3 Å². The second-order valence-electron chi connectivity index (χ2n) is 9.67. The number of carbonyl (C=O) groups is 2. The van der Waals surface area contributed by atoms with Crippen LogP contribution >= 0.6 is 11.3 Å². The Balaban J connectivity index is 1.34. The average Bonchev–Trinajstić information content (AvgIpc) is 3.27. The number of nitrogens with one attached hydrogen (secondary N) is 2. The van der Waals surface area contributed by atoms with Gasteiger partial charge in [-0.25, -0.2) is 9.78 Å². The van der Waals surface area contributed by atoms with Gasteiger partial charge in [0.15, 0.2) is 5.13 Å². The van der Waals surface area contributed by atoms with Crippen LogP contribution in [-0.4, -0.2) is 30.2 Å². The lowest BCUT2D eigenvalue weighted by Crippen LogP contribution is -2.50. The highest BCUT2D eigenvalue weighted by Gasteiger charge is 2.58. The van der Waals surface area contributed by atoms with Crippen LogP contribution in [0.5, 0.6) is 5.75 Å². The number of rotatable bonds is 3. The molecule has 2 heterocycles. The standard InChI is InChI=1S/C24H29N3O4S/c1-12-16-9-10-24(3)11-17-19(13(2)18(24)20(16)31-21(12)28)26-23(32-17)27-22(29)25-14-5-7-15(30-4)8-6-14/h5-8,12-13,16,18,20H,9-11H2,1-4H3,(H2,25,26,27,29)/t12-,13-,16-,18+,20-,24-/m0/s1. The van der Waals surface area contributed by atoms with E-state index in [1.54, 1.807) is 42.7 Å². The summed E-state index contributed by atoms with van der Waals surface area (Å²) < 4.78 is 11.0. The predicted molar refractivity (Wildman–Crippen MR) is 123 cm³/mol. The van der Waals surface area contributed by atoms with E-state index >= 15 is 0 Å². The van der Waals surface area contributed by atoms with Gasteiger partial charge in [0.2, 0.25) is 0 Å². The highest BCUT2D eigenvalue weighted by molar-refractivity contribution is 7.15. The molecule has 2 N–H and O–H groups in total. The number of fused-ring (bicyclic) bond motifs is 4. The fourth-order valence-corrected chi connectivity index (χ4v) is 7.33. The Kier molecular flexibility index (Phi) is 5.15. The number of carbonyl (C=O) groups excluding carboxylic acids is 2. The van der Waals surface area contributed by atoms with Crippen molar-refractivity contribution in [1.29, 1.82) is 0 Å². The van der Waals surface area contributed by atoms with Crippen molar-refractivity contribution in [3.63, 3.8) is 0 Å². The number of amides is 2. The fraction of sp³-hybridized carbons (Fsp3) is 0.542. The van der Waals surface area contributed by atoms with Gasteiger partial charge in [0.25, 0.3) is 0 Å². The van der Waals surface area contributed by atoms with E-state index in [9.17, 15) is 9.59 Å². The number of nitrogens with zero attached hydrogens (tertiary/aromatic N) is 1. The van der Waals surface area contributed by atoms with E-state index in [4.69, 9.17) is 14.5 Å². The number of thiazole rings is 1. The van der Waals surface area contributed by atoms with Crippen molar-refractivity contribution in [2.24, 2.45) is 23.2 Å². The molecule has 5 rings (SSSR count). The molecule has 6 atom stereocenters. The Hall–Kier alpha value is -2.61. The third-order valence-electron chi connectivity index (χ3n) is 7.73. The summed E-state index contributed by atoms with van der Waals surface area (Å²) in [5, 5.41) is 6.33. The molecule has 8 heteroatoms. The maximum Gasteiger partial charge on any atom is 0.325 e. The van der Waals surface area contributed by atoms with E-state index in [1.165, 1.54) is 4.88 Å². The Morgan fingerprint density at radius 2 is 1.97 bits per heavy atom. The molecule has 170 valence electrons. The number of urea groups is 1. The van der Waals surface area contributed by atoms with Gasteiger partial charge in [-0.05, 0) is 48.9 Å². The van der Waals surface area contributed by atoms with Gasteiger partial charge >= 0.3 is 12.0 Å². The zero-order valence-electron chi connectivity index (χ0n) is 18.8. The predicted octanol–water partition coefficient (Wildman–Crippen LogP) is 5.05. The molecule has 2 amide bonds. The Morgan fingerprint density at radius 3 is 2.69 bits per heavy atom. The smallest absolute Gasteiger partial charge is 0.325 e. The lowest BCUT2D eigenvalue weighted by molar-refractivity contribution is -0.149. The van der Waals surface area contributed by atoms with Crippen molar-refractivity contribution in [3.05, 3.63) is 34.8 Å². The molecular formula is C24H29N3O4S. The molecule has 2 aromatic rings. The maximum atomic E-state index is 12.5. The van der Waals surface area contributed by atoms with E-state index in [0.717, 1.165) is 30.7 Å². The number of ether oxygens (including phenoxy) is 2. The van der Waals surface area contributed by atoms with Crippen molar-refractivity contribution in [3.8, 4) is 5.75 Å². The molecule has 0 radical (unpaired) electrons. The highest BCUT2D eigenvalue weighted by Crippen LogP contribution is 2.59. The molecule has 1 aromatic carbocycles. The molecule has 2 fully saturated rings. The van der Waals surface area contributed by atoms with Crippen molar-refractivity contribution < 1.29 is 19.1 Å². The Bertz CT molecular complexity index is 1050. The summed E-state index contributed by atoms with van der Waals surface area (Å²) in [6.45, 7) is 6.52. The zero-order valence-corrected chi connectivity index (χ0v) is 19.6. The number of anilines is 2. The normalized spacial score (nSPS) is 32.9. The van der Waals surface area contributed by atoms with Crippen LogP contribution in [-0.2, 0) is 16.0 Å². The summed E-state index contributed by atoms with van der Waals surface area (Å²) in [7, 11) is 1.61. The van der Waals surface area contributed by atoms with E-state index < -0.39 is 0 Å². The molecule has 7 nitrogen and oxygen atoms in total. The SMILES string of the molecule is COc1ccc(NC(=O)Nc2nc3c(s2)C[C@]2(C)CC[C@@H]4[C@H](OC(=O)[C@H]4C)[C@H]2[C@@H]3C)cc1. The zero-order chi connectivity index (χ0) is 22.6. The number of esters is 1. The van der Waals surface area contributed by atoms with Crippen molar-refractivity contribution in [2.75, 3.05) is 17.7 Å². The van der Waals surface area contributed by atoms with Crippen LogP contribution in [0.2, 0.25) is 0 Å². The minimum atomic E-state index is -0.323. The molecule has 32 heavy (non-hydrogen) atoms.